The maximum Gasteiger partial charge on any atom is 0.255 e. The van der Waals surface area contributed by atoms with Crippen molar-refractivity contribution in [1.29, 1.82) is 0 Å². The zero-order chi connectivity index (χ0) is 15.5. The fourth-order valence-corrected chi connectivity index (χ4v) is 2.51. The molecule has 1 amide bonds. The lowest BCUT2D eigenvalue weighted by Gasteiger charge is -2.07. The molecule has 112 valence electrons. The number of carbonyl (C=O) groups excluding carboxylic acids is 1. The highest BCUT2D eigenvalue weighted by Gasteiger charge is 2.16. The molecule has 0 aliphatic heterocycles. The van der Waals surface area contributed by atoms with Crippen molar-refractivity contribution >= 4 is 21.8 Å². The Kier molecular flexibility index (Phi) is 4.06. The number of carbonyl (C=O) groups is 1. The number of aromatic amines is 1. The van der Waals surface area contributed by atoms with Crippen LogP contribution in [0.1, 0.15) is 15.9 Å². The topological polar surface area (TPSA) is 70.9 Å². The van der Waals surface area contributed by atoms with Gasteiger partial charge in [0, 0.05) is 16.6 Å². The van der Waals surface area contributed by atoms with Crippen molar-refractivity contribution < 1.29 is 13.6 Å². The number of hydrogen-bond donors (Lipinski definition) is 2. The Morgan fingerprint density at radius 3 is 3.00 bits per heavy atom. The third-order valence-electron chi connectivity index (χ3n) is 3.15. The number of aromatic nitrogens is 2. The molecule has 5 nitrogen and oxygen atoms in total. The Bertz CT molecular complexity index is 799. The fourth-order valence-electron chi connectivity index (χ4n) is 2.02. The summed E-state index contributed by atoms with van der Waals surface area (Å²) in [6.07, 6.45) is 4.51. The highest BCUT2D eigenvalue weighted by atomic mass is 79.9. The van der Waals surface area contributed by atoms with Gasteiger partial charge in [0.05, 0.1) is 30.0 Å². The number of nitrogens with zero attached hydrogens (tertiary/aromatic N) is 1. The third kappa shape index (κ3) is 2.94. The van der Waals surface area contributed by atoms with Gasteiger partial charge in [0.2, 0.25) is 0 Å². The predicted molar refractivity (Wildman–Crippen MR) is 81.6 cm³/mol. The molecule has 7 heteroatoms. The Balaban J connectivity index is 1.74. The molecule has 22 heavy (non-hydrogen) atoms. The average Bonchev–Trinajstić information content (AvgIpc) is 3.16. The molecule has 3 rings (SSSR count). The number of halogens is 2. The van der Waals surface area contributed by atoms with Crippen molar-refractivity contribution in [3.05, 3.63) is 64.4 Å². The molecule has 0 radical (unpaired) electrons. The Hall–Kier alpha value is -2.41. The third-order valence-corrected chi connectivity index (χ3v) is 3.89. The molecule has 1 aromatic carbocycles. The first-order chi connectivity index (χ1) is 10.6. The molecule has 0 atom stereocenters. The van der Waals surface area contributed by atoms with Crippen molar-refractivity contribution in [3.8, 4) is 11.3 Å². The van der Waals surface area contributed by atoms with Crippen LogP contribution in [0.4, 0.5) is 4.39 Å². The van der Waals surface area contributed by atoms with E-state index in [-0.39, 0.29) is 18.3 Å². The summed E-state index contributed by atoms with van der Waals surface area (Å²) >= 11 is 3.27. The van der Waals surface area contributed by atoms with E-state index in [0.29, 0.717) is 15.7 Å². The van der Waals surface area contributed by atoms with Gasteiger partial charge in [-0.25, -0.2) is 4.39 Å². The first-order valence-corrected chi connectivity index (χ1v) is 7.22. The lowest BCUT2D eigenvalue weighted by atomic mass is 10.1. The maximum absolute atomic E-state index is 13.0. The first kappa shape index (κ1) is 14.5. The second-order valence-corrected chi connectivity index (χ2v) is 5.44. The van der Waals surface area contributed by atoms with Gasteiger partial charge in [-0.15, -0.1) is 0 Å². The van der Waals surface area contributed by atoms with E-state index in [4.69, 9.17) is 4.42 Å². The lowest BCUT2D eigenvalue weighted by molar-refractivity contribution is 0.0951. The van der Waals surface area contributed by atoms with Crippen LogP contribution in [-0.2, 0) is 6.54 Å². The minimum Gasteiger partial charge on any atom is -0.472 e. The monoisotopic (exact) mass is 363 g/mol. The normalized spacial score (nSPS) is 10.6. The molecule has 0 spiro atoms. The Morgan fingerprint density at radius 1 is 1.41 bits per heavy atom. The zero-order valence-electron chi connectivity index (χ0n) is 11.3. The van der Waals surface area contributed by atoms with E-state index in [1.807, 2.05) is 0 Å². The second kappa shape index (κ2) is 6.15. The van der Waals surface area contributed by atoms with Crippen molar-refractivity contribution in [3.63, 3.8) is 0 Å². The number of hydrogen-bond acceptors (Lipinski definition) is 3. The van der Waals surface area contributed by atoms with Gasteiger partial charge in [0.25, 0.3) is 5.91 Å². The molecule has 0 saturated heterocycles. The number of amides is 1. The standard InChI is InChI=1S/C15H11BrFN3O2/c16-13-5-11(17)2-1-9(13)6-18-15(21)12-7-19-20-14(12)10-3-4-22-8-10/h1-5,7-8H,6H2,(H,18,21)(H,19,20). The second-order valence-electron chi connectivity index (χ2n) is 4.59. The molecule has 2 aromatic heterocycles. The van der Waals surface area contributed by atoms with Crippen LogP contribution in [0.15, 0.2) is 51.9 Å². The van der Waals surface area contributed by atoms with Crippen LogP contribution in [0.3, 0.4) is 0 Å². The first-order valence-electron chi connectivity index (χ1n) is 6.43. The number of furan rings is 1. The van der Waals surface area contributed by atoms with Crippen molar-refractivity contribution in [2.45, 2.75) is 6.54 Å². The smallest absolute Gasteiger partial charge is 0.255 e. The average molecular weight is 364 g/mol. The van der Waals surface area contributed by atoms with E-state index < -0.39 is 0 Å². The maximum atomic E-state index is 13.0. The summed E-state index contributed by atoms with van der Waals surface area (Å²) in [4.78, 5) is 12.3. The SMILES string of the molecule is O=C(NCc1ccc(F)cc1Br)c1cn[nH]c1-c1ccoc1. The molecule has 2 heterocycles. The van der Waals surface area contributed by atoms with Gasteiger partial charge in [-0.1, -0.05) is 22.0 Å². The number of rotatable bonds is 4. The van der Waals surface area contributed by atoms with Gasteiger partial charge in [-0.05, 0) is 23.8 Å². The van der Waals surface area contributed by atoms with Crippen LogP contribution in [-0.4, -0.2) is 16.1 Å². The number of benzene rings is 1. The minimum absolute atomic E-state index is 0.274. The Morgan fingerprint density at radius 2 is 2.27 bits per heavy atom. The number of H-pyrrole nitrogens is 1. The summed E-state index contributed by atoms with van der Waals surface area (Å²) in [6.45, 7) is 0.274. The fraction of sp³-hybridized carbons (Fsp3) is 0.0667. The highest BCUT2D eigenvalue weighted by molar-refractivity contribution is 9.10. The van der Waals surface area contributed by atoms with Gasteiger partial charge in [0.1, 0.15) is 5.82 Å². The van der Waals surface area contributed by atoms with Crippen LogP contribution in [0, 0.1) is 5.82 Å². The zero-order valence-corrected chi connectivity index (χ0v) is 12.9. The molecule has 0 unspecified atom stereocenters. The minimum atomic E-state index is -0.334. The molecule has 0 bridgehead atoms. The van der Waals surface area contributed by atoms with Crippen LogP contribution >= 0.6 is 15.9 Å². The van der Waals surface area contributed by atoms with E-state index in [2.05, 4.69) is 31.4 Å². The summed E-state index contributed by atoms with van der Waals surface area (Å²) < 4.78 is 18.7. The summed E-state index contributed by atoms with van der Waals surface area (Å²) in [7, 11) is 0. The molecule has 0 saturated carbocycles. The quantitative estimate of drug-likeness (QED) is 0.745. The van der Waals surface area contributed by atoms with Crippen LogP contribution in [0.5, 0.6) is 0 Å². The number of nitrogens with one attached hydrogen (secondary N) is 2. The molecule has 0 aliphatic rings. The van der Waals surface area contributed by atoms with Gasteiger partial charge in [0.15, 0.2) is 0 Å². The van der Waals surface area contributed by atoms with E-state index in [1.165, 1.54) is 30.9 Å². The molecule has 0 fully saturated rings. The molecular formula is C15H11BrFN3O2. The van der Waals surface area contributed by atoms with Gasteiger partial charge in [-0.3, -0.25) is 9.89 Å². The van der Waals surface area contributed by atoms with Gasteiger partial charge in [-0.2, -0.15) is 5.10 Å². The van der Waals surface area contributed by atoms with E-state index in [0.717, 1.165) is 11.1 Å². The molecule has 3 aromatic rings. The summed E-state index contributed by atoms with van der Waals surface area (Å²) in [5.74, 6) is -0.611. The van der Waals surface area contributed by atoms with Crippen LogP contribution in [0.2, 0.25) is 0 Å². The molecule has 0 aliphatic carbocycles. The van der Waals surface area contributed by atoms with Crippen LogP contribution in [0.25, 0.3) is 11.3 Å². The van der Waals surface area contributed by atoms with Crippen molar-refractivity contribution in [2.24, 2.45) is 0 Å². The highest BCUT2D eigenvalue weighted by Crippen LogP contribution is 2.22. The van der Waals surface area contributed by atoms with Crippen molar-refractivity contribution in [2.75, 3.05) is 0 Å². The van der Waals surface area contributed by atoms with Crippen molar-refractivity contribution in [1.82, 2.24) is 15.5 Å². The predicted octanol–water partition coefficient (Wildman–Crippen LogP) is 3.50. The van der Waals surface area contributed by atoms with Gasteiger partial charge >= 0.3 is 0 Å². The summed E-state index contributed by atoms with van der Waals surface area (Å²) in [5, 5.41) is 9.46. The largest absolute Gasteiger partial charge is 0.472 e. The lowest BCUT2D eigenvalue weighted by Crippen LogP contribution is -2.23. The van der Waals surface area contributed by atoms with Crippen LogP contribution < -0.4 is 5.32 Å². The summed E-state index contributed by atoms with van der Waals surface area (Å²) in [5.41, 5.74) is 2.53. The van der Waals surface area contributed by atoms with E-state index in [9.17, 15) is 9.18 Å². The summed E-state index contributed by atoms with van der Waals surface area (Å²) in [6, 6.07) is 6.06. The van der Waals surface area contributed by atoms with Gasteiger partial charge < -0.3 is 9.73 Å². The van der Waals surface area contributed by atoms with E-state index in [1.54, 1.807) is 12.1 Å². The molecular weight excluding hydrogens is 353 g/mol. The molecule has 2 N–H and O–H groups in total. The van der Waals surface area contributed by atoms with E-state index >= 15 is 0 Å². The Labute approximate surface area is 133 Å².